The number of nitrogens with one attached hydrogen (secondary N) is 2. The number of hydrogen-bond donors (Lipinski definition) is 2. The molecule has 1 aliphatic heterocycles. The number of unbranched alkanes of at least 4 members (excludes halogenated alkanes) is 1. The highest BCUT2D eigenvalue weighted by atomic mass is 127. The van der Waals surface area contributed by atoms with Gasteiger partial charge in [0, 0.05) is 33.4 Å². The van der Waals surface area contributed by atoms with Crippen molar-refractivity contribution in [1.29, 1.82) is 0 Å². The lowest BCUT2D eigenvalue weighted by molar-refractivity contribution is 0.0689. The molecule has 0 spiro atoms. The normalized spacial score (nSPS) is 16.3. The van der Waals surface area contributed by atoms with Crippen LogP contribution in [-0.4, -0.2) is 77.1 Å². The van der Waals surface area contributed by atoms with Crippen LogP contribution >= 0.6 is 24.0 Å². The molecule has 6 nitrogen and oxygen atoms in total. The number of likely N-dealkylation sites (tertiary alicyclic amines) is 1. The van der Waals surface area contributed by atoms with E-state index in [-0.39, 0.29) is 24.0 Å². The summed E-state index contributed by atoms with van der Waals surface area (Å²) < 4.78 is 10.4. The second-order valence-electron chi connectivity index (χ2n) is 6.88. The third-order valence-electron chi connectivity index (χ3n) is 4.56. The zero-order valence-corrected chi connectivity index (χ0v) is 19.4. The summed E-state index contributed by atoms with van der Waals surface area (Å²) >= 11 is 0. The summed E-state index contributed by atoms with van der Waals surface area (Å²) in [5.41, 5.74) is 0. The van der Waals surface area contributed by atoms with E-state index in [0.717, 1.165) is 57.4 Å². The zero-order chi connectivity index (χ0) is 18.2. The van der Waals surface area contributed by atoms with Gasteiger partial charge < -0.3 is 25.0 Å². The SMILES string of the molecule is CCNC(=NCCCN1CCC(C)CC1)NCCCCOCCOC.I. The molecular formula is C19H41IN4O2. The summed E-state index contributed by atoms with van der Waals surface area (Å²) in [6.07, 6.45) is 5.98. The Labute approximate surface area is 177 Å². The summed E-state index contributed by atoms with van der Waals surface area (Å²) in [6.45, 7) is 13.0. The third kappa shape index (κ3) is 14.0. The topological polar surface area (TPSA) is 58.1 Å². The molecule has 26 heavy (non-hydrogen) atoms. The molecule has 1 fully saturated rings. The van der Waals surface area contributed by atoms with Crippen molar-refractivity contribution >= 4 is 29.9 Å². The molecule has 156 valence electrons. The molecule has 2 N–H and O–H groups in total. The summed E-state index contributed by atoms with van der Waals surface area (Å²) in [6, 6.07) is 0. The number of rotatable bonds is 13. The molecular weight excluding hydrogens is 443 g/mol. The van der Waals surface area contributed by atoms with Crippen molar-refractivity contribution in [2.75, 3.05) is 66.2 Å². The minimum atomic E-state index is 0. The van der Waals surface area contributed by atoms with Crippen LogP contribution in [0.5, 0.6) is 0 Å². The molecule has 0 saturated carbocycles. The molecule has 0 aromatic carbocycles. The number of piperidine rings is 1. The zero-order valence-electron chi connectivity index (χ0n) is 17.1. The van der Waals surface area contributed by atoms with E-state index >= 15 is 0 Å². The van der Waals surface area contributed by atoms with E-state index in [0.29, 0.717) is 13.2 Å². The van der Waals surface area contributed by atoms with Gasteiger partial charge in [-0.15, -0.1) is 24.0 Å². The fraction of sp³-hybridized carbons (Fsp3) is 0.947. The first-order chi connectivity index (χ1) is 12.3. The van der Waals surface area contributed by atoms with Crippen LogP contribution in [0.15, 0.2) is 4.99 Å². The van der Waals surface area contributed by atoms with Crippen molar-refractivity contribution in [3.8, 4) is 0 Å². The smallest absolute Gasteiger partial charge is 0.191 e. The maximum atomic E-state index is 5.47. The van der Waals surface area contributed by atoms with E-state index in [9.17, 15) is 0 Å². The van der Waals surface area contributed by atoms with E-state index < -0.39 is 0 Å². The molecule has 0 bridgehead atoms. The van der Waals surface area contributed by atoms with Crippen LogP contribution in [0.25, 0.3) is 0 Å². The molecule has 0 amide bonds. The lowest BCUT2D eigenvalue weighted by Crippen LogP contribution is -2.38. The first-order valence-corrected chi connectivity index (χ1v) is 10.1. The minimum Gasteiger partial charge on any atom is -0.382 e. The highest BCUT2D eigenvalue weighted by Gasteiger charge is 2.14. The molecule has 1 rings (SSSR count). The maximum Gasteiger partial charge on any atom is 0.191 e. The predicted molar refractivity (Wildman–Crippen MR) is 121 cm³/mol. The quantitative estimate of drug-likeness (QED) is 0.182. The first-order valence-electron chi connectivity index (χ1n) is 10.1. The van der Waals surface area contributed by atoms with Gasteiger partial charge in [0.25, 0.3) is 0 Å². The number of halogens is 1. The number of methoxy groups -OCH3 is 1. The molecule has 0 aromatic rings. The monoisotopic (exact) mass is 484 g/mol. The van der Waals surface area contributed by atoms with Crippen molar-refractivity contribution in [1.82, 2.24) is 15.5 Å². The Balaban J connectivity index is 0.00000625. The van der Waals surface area contributed by atoms with Gasteiger partial charge in [0.1, 0.15) is 0 Å². The maximum absolute atomic E-state index is 5.47. The van der Waals surface area contributed by atoms with Gasteiger partial charge in [-0.2, -0.15) is 0 Å². The number of aliphatic imine (C=N–C) groups is 1. The van der Waals surface area contributed by atoms with Gasteiger partial charge >= 0.3 is 0 Å². The number of nitrogens with zero attached hydrogens (tertiary/aromatic N) is 2. The average Bonchev–Trinajstić information content (AvgIpc) is 2.62. The highest BCUT2D eigenvalue weighted by molar-refractivity contribution is 14.0. The molecule has 0 unspecified atom stereocenters. The lowest BCUT2D eigenvalue weighted by Gasteiger charge is -2.29. The van der Waals surface area contributed by atoms with Crippen LogP contribution in [0.3, 0.4) is 0 Å². The van der Waals surface area contributed by atoms with Gasteiger partial charge in [0.05, 0.1) is 13.2 Å². The Hall–Kier alpha value is -0.120. The highest BCUT2D eigenvalue weighted by Crippen LogP contribution is 2.15. The summed E-state index contributed by atoms with van der Waals surface area (Å²) in [5, 5.41) is 6.74. The molecule has 0 radical (unpaired) electrons. The molecule has 0 aromatic heterocycles. The first kappa shape index (κ1) is 25.9. The van der Waals surface area contributed by atoms with Crippen LogP contribution < -0.4 is 10.6 Å². The van der Waals surface area contributed by atoms with Gasteiger partial charge in [-0.1, -0.05) is 6.92 Å². The van der Waals surface area contributed by atoms with Crippen LogP contribution in [-0.2, 0) is 9.47 Å². The van der Waals surface area contributed by atoms with Gasteiger partial charge in [-0.25, -0.2) is 0 Å². The largest absolute Gasteiger partial charge is 0.382 e. The van der Waals surface area contributed by atoms with Gasteiger partial charge in [-0.05, 0) is 64.6 Å². The van der Waals surface area contributed by atoms with Crippen molar-refractivity contribution in [2.45, 2.75) is 46.0 Å². The van der Waals surface area contributed by atoms with Crippen molar-refractivity contribution < 1.29 is 9.47 Å². The van der Waals surface area contributed by atoms with E-state index in [2.05, 4.69) is 29.4 Å². The number of guanidine groups is 1. The Morgan fingerprint density at radius 1 is 1.08 bits per heavy atom. The second kappa shape index (κ2) is 18.3. The van der Waals surface area contributed by atoms with Gasteiger partial charge in [0.2, 0.25) is 0 Å². The van der Waals surface area contributed by atoms with Crippen molar-refractivity contribution in [3.63, 3.8) is 0 Å². The molecule has 1 saturated heterocycles. The average molecular weight is 484 g/mol. The van der Waals surface area contributed by atoms with Crippen LogP contribution in [0, 0.1) is 5.92 Å². The standard InChI is InChI=1S/C19H40N4O2.HI/c1-4-20-19(21-10-5-6-15-25-17-16-24-3)22-11-7-12-23-13-8-18(2)9-14-23;/h18H,4-17H2,1-3H3,(H2,20,21,22);1H. The molecule has 1 heterocycles. The van der Waals surface area contributed by atoms with E-state index in [4.69, 9.17) is 14.5 Å². The van der Waals surface area contributed by atoms with Crippen LogP contribution in [0.4, 0.5) is 0 Å². The molecule has 7 heteroatoms. The Morgan fingerprint density at radius 2 is 1.85 bits per heavy atom. The van der Waals surface area contributed by atoms with Crippen LogP contribution in [0.1, 0.15) is 46.0 Å². The lowest BCUT2D eigenvalue weighted by atomic mass is 9.99. The third-order valence-corrected chi connectivity index (χ3v) is 4.56. The van der Waals surface area contributed by atoms with Gasteiger partial charge in [-0.3, -0.25) is 4.99 Å². The molecule has 0 atom stereocenters. The predicted octanol–water partition coefficient (Wildman–Crippen LogP) is 2.72. The van der Waals surface area contributed by atoms with Crippen molar-refractivity contribution in [3.05, 3.63) is 0 Å². The Bertz CT molecular complexity index is 338. The summed E-state index contributed by atoms with van der Waals surface area (Å²) in [4.78, 5) is 7.27. The second-order valence-corrected chi connectivity index (χ2v) is 6.88. The molecule has 0 aliphatic carbocycles. The fourth-order valence-corrected chi connectivity index (χ4v) is 2.89. The van der Waals surface area contributed by atoms with E-state index in [1.54, 1.807) is 7.11 Å². The minimum absolute atomic E-state index is 0. The number of hydrogen-bond acceptors (Lipinski definition) is 4. The summed E-state index contributed by atoms with van der Waals surface area (Å²) in [7, 11) is 1.70. The summed E-state index contributed by atoms with van der Waals surface area (Å²) in [5.74, 6) is 1.85. The Morgan fingerprint density at radius 3 is 2.54 bits per heavy atom. The van der Waals surface area contributed by atoms with Crippen molar-refractivity contribution in [2.24, 2.45) is 10.9 Å². The van der Waals surface area contributed by atoms with Gasteiger partial charge in [0.15, 0.2) is 5.96 Å². The van der Waals surface area contributed by atoms with Crippen LogP contribution in [0.2, 0.25) is 0 Å². The fourth-order valence-electron chi connectivity index (χ4n) is 2.89. The number of ether oxygens (including phenoxy) is 2. The Kier molecular flexibility index (Phi) is 18.2. The van der Waals surface area contributed by atoms with E-state index in [1.807, 2.05) is 0 Å². The van der Waals surface area contributed by atoms with E-state index in [1.165, 1.54) is 32.5 Å². The molecule has 1 aliphatic rings.